The third-order valence-electron chi connectivity index (χ3n) is 2.35. The summed E-state index contributed by atoms with van der Waals surface area (Å²) in [5.41, 5.74) is 1.47. The molecule has 2 rings (SSSR count). The number of hydrogen-bond acceptors (Lipinski definition) is 4. The Morgan fingerprint density at radius 1 is 1.47 bits per heavy atom. The monoisotopic (exact) mass is 233 g/mol. The minimum Gasteiger partial charge on any atom is -0.496 e. The van der Waals surface area contributed by atoms with E-state index in [1.807, 2.05) is 6.92 Å². The van der Waals surface area contributed by atoms with E-state index < -0.39 is 4.92 Å². The summed E-state index contributed by atoms with van der Waals surface area (Å²) < 4.78 is 5.16. The minimum atomic E-state index is -0.446. The van der Waals surface area contributed by atoms with Gasteiger partial charge in [0.05, 0.1) is 17.6 Å². The predicted octanol–water partition coefficient (Wildman–Crippen LogP) is 2.30. The van der Waals surface area contributed by atoms with Crippen LogP contribution >= 0.6 is 0 Å². The Kier molecular flexibility index (Phi) is 2.78. The standard InChI is InChI=1S/C11H11N3O3/c1-7-6-12-11(13-7)9-5-8(14(15)16)3-4-10(9)17-2/h3-6H,1-2H3,(H,12,13). The number of aromatic nitrogens is 2. The number of aromatic amines is 1. The van der Waals surface area contributed by atoms with Crippen LogP contribution in [0.15, 0.2) is 24.4 Å². The number of benzene rings is 1. The van der Waals surface area contributed by atoms with Crippen LogP contribution in [0.5, 0.6) is 5.75 Å². The van der Waals surface area contributed by atoms with Crippen molar-refractivity contribution in [3.63, 3.8) is 0 Å². The molecule has 0 amide bonds. The highest BCUT2D eigenvalue weighted by Gasteiger charge is 2.14. The first-order valence-electron chi connectivity index (χ1n) is 4.96. The number of methoxy groups -OCH3 is 1. The lowest BCUT2D eigenvalue weighted by atomic mass is 10.1. The molecule has 0 fully saturated rings. The molecule has 0 unspecified atom stereocenters. The number of ether oxygens (including phenoxy) is 1. The highest BCUT2D eigenvalue weighted by atomic mass is 16.6. The van der Waals surface area contributed by atoms with Crippen molar-refractivity contribution in [1.82, 2.24) is 9.97 Å². The van der Waals surface area contributed by atoms with Crippen molar-refractivity contribution in [2.75, 3.05) is 7.11 Å². The normalized spacial score (nSPS) is 10.2. The fourth-order valence-electron chi connectivity index (χ4n) is 1.54. The highest BCUT2D eigenvalue weighted by Crippen LogP contribution is 2.31. The fraction of sp³-hybridized carbons (Fsp3) is 0.182. The van der Waals surface area contributed by atoms with Crippen LogP contribution in [-0.4, -0.2) is 22.0 Å². The van der Waals surface area contributed by atoms with Crippen LogP contribution in [0.3, 0.4) is 0 Å². The van der Waals surface area contributed by atoms with E-state index in [1.165, 1.54) is 19.2 Å². The Morgan fingerprint density at radius 2 is 2.24 bits per heavy atom. The molecule has 0 aliphatic heterocycles. The maximum Gasteiger partial charge on any atom is 0.270 e. The first-order valence-corrected chi connectivity index (χ1v) is 4.96. The molecule has 0 radical (unpaired) electrons. The van der Waals surface area contributed by atoms with Crippen LogP contribution in [0.4, 0.5) is 5.69 Å². The number of nitro groups is 1. The van der Waals surface area contributed by atoms with Crippen molar-refractivity contribution in [1.29, 1.82) is 0 Å². The van der Waals surface area contributed by atoms with E-state index in [-0.39, 0.29) is 5.69 Å². The predicted molar refractivity (Wildman–Crippen MR) is 62.0 cm³/mol. The lowest BCUT2D eigenvalue weighted by Crippen LogP contribution is -1.93. The Balaban J connectivity index is 2.57. The van der Waals surface area contributed by atoms with Gasteiger partial charge in [-0.25, -0.2) is 4.98 Å². The van der Waals surface area contributed by atoms with Crippen molar-refractivity contribution in [2.24, 2.45) is 0 Å². The summed E-state index contributed by atoms with van der Waals surface area (Å²) in [6.07, 6.45) is 1.66. The van der Waals surface area contributed by atoms with E-state index in [0.29, 0.717) is 17.1 Å². The number of non-ortho nitro benzene ring substituents is 1. The zero-order valence-corrected chi connectivity index (χ0v) is 9.43. The summed E-state index contributed by atoms with van der Waals surface area (Å²) in [7, 11) is 1.51. The molecule has 1 aromatic heterocycles. The number of rotatable bonds is 3. The van der Waals surface area contributed by atoms with Gasteiger partial charge in [-0.15, -0.1) is 0 Å². The third kappa shape index (κ3) is 2.10. The smallest absolute Gasteiger partial charge is 0.270 e. The summed E-state index contributed by atoms with van der Waals surface area (Å²) in [5, 5.41) is 10.7. The van der Waals surface area contributed by atoms with Gasteiger partial charge in [-0.2, -0.15) is 0 Å². The van der Waals surface area contributed by atoms with Crippen LogP contribution in [-0.2, 0) is 0 Å². The van der Waals surface area contributed by atoms with E-state index >= 15 is 0 Å². The third-order valence-corrected chi connectivity index (χ3v) is 2.35. The maximum atomic E-state index is 10.7. The van der Waals surface area contributed by atoms with E-state index in [9.17, 15) is 10.1 Å². The second-order valence-corrected chi connectivity index (χ2v) is 3.56. The fourth-order valence-corrected chi connectivity index (χ4v) is 1.54. The first-order chi connectivity index (χ1) is 8.11. The SMILES string of the molecule is COc1ccc([N+](=O)[O-])cc1-c1ncc(C)[nH]1. The molecule has 2 aromatic rings. The van der Waals surface area contributed by atoms with Gasteiger partial charge < -0.3 is 9.72 Å². The Bertz CT molecular complexity index is 563. The van der Waals surface area contributed by atoms with Gasteiger partial charge >= 0.3 is 0 Å². The molecule has 0 spiro atoms. The molecule has 0 bridgehead atoms. The molecule has 6 nitrogen and oxygen atoms in total. The molecule has 88 valence electrons. The number of nitrogens with zero attached hydrogens (tertiary/aromatic N) is 2. The average Bonchev–Trinajstić information content (AvgIpc) is 2.74. The molecule has 0 aliphatic rings. The zero-order chi connectivity index (χ0) is 12.4. The highest BCUT2D eigenvalue weighted by molar-refractivity contribution is 5.67. The Labute approximate surface area is 97.4 Å². The molecule has 6 heteroatoms. The van der Waals surface area contributed by atoms with Crippen LogP contribution in [0.2, 0.25) is 0 Å². The van der Waals surface area contributed by atoms with Crippen LogP contribution in [0, 0.1) is 17.0 Å². The maximum absolute atomic E-state index is 10.7. The molecule has 1 N–H and O–H groups in total. The van der Waals surface area contributed by atoms with Crippen molar-refractivity contribution in [3.8, 4) is 17.1 Å². The van der Waals surface area contributed by atoms with Gasteiger partial charge in [-0.05, 0) is 13.0 Å². The summed E-state index contributed by atoms with van der Waals surface area (Å²) in [5.74, 6) is 1.10. The van der Waals surface area contributed by atoms with Gasteiger partial charge in [0.25, 0.3) is 5.69 Å². The lowest BCUT2D eigenvalue weighted by molar-refractivity contribution is -0.384. The molecule has 0 aliphatic carbocycles. The molecule has 0 atom stereocenters. The summed E-state index contributed by atoms with van der Waals surface area (Å²) in [6.45, 7) is 1.86. The van der Waals surface area contributed by atoms with Gasteiger partial charge in [-0.1, -0.05) is 0 Å². The van der Waals surface area contributed by atoms with Gasteiger partial charge in [0.15, 0.2) is 0 Å². The van der Waals surface area contributed by atoms with Crippen molar-refractivity contribution >= 4 is 5.69 Å². The van der Waals surface area contributed by atoms with E-state index in [0.717, 1.165) is 5.69 Å². The molecular weight excluding hydrogens is 222 g/mol. The summed E-state index contributed by atoms with van der Waals surface area (Å²) in [6, 6.07) is 4.40. The van der Waals surface area contributed by atoms with Gasteiger partial charge in [0.1, 0.15) is 11.6 Å². The molecule has 17 heavy (non-hydrogen) atoms. The number of nitrogens with one attached hydrogen (secondary N) is 1. The Hall–Kier alpha value is -2.37. The molecule has 1 heterocycles. The van der Waals surface area contributed by atoms with E-state index in [1.54, 1.807) is 12.3 Å². The number of imidazole rings is 1. The molecule has 0 saturated heterocycles. The zero-order valence-electron chi connectivity index (χ0n) is 9.43. The second-order valence-electron chi connectivity index (χ2n) is 3.56. The van der Waals surface area contributed by atoms with Gasteiger partial charge in [0.2, 0.25) is 0 Å². The summed E-state index contributed by atoms with van der Waals surface area (Å²) in [4.78, 5) is 17.4. The van der Waals surface area contributed by atoms with E-state index in [4.69, 9.17) is 4.74 Å². The number of aryl methyl sites for hydroxylation is 1. The van der Waals surface area contributed by atoms with Gasteiger partial charge in [0, 0.05) is 24.0 Å². The van der Waals surface area contributed by atoms with E-state index in [2.05, 4.69) is 9.97 Å². The average molecular weight is 233 g/mol. The Morgan fingerprint density at radius 3 is 2.76 bits per heavy atom. The quantitative estimate of drug-likeness (QED) is 0.651. The number of nitro benzene ring substituents is 1. The molecule has 1 aromatic carbocycles. The van der Waals surface area contributed by atoms with Crippen LogP contribution in [0.1, 0.15) is 5.69 Å². The molecule has 0 saturated carbocycles. The topological polar surface area (TPSA) is 81.1 Å². The first kappa shape index (κ1) is 11.1. The van der Waals surface area contributed by atoms with Crippen LogP contribution < -0.4 is 4.74 Å². The minimum absolute atomic E-state index is 0.00912. The number of hydrogen-bond donors (Lipinski definition) is 1. The van der Waals surface area contributed by atoms with Crippen molar-refractivity contribution < 1.29 is 9.66 Å². The van der Waals surface area contributed by atoms with Crippen molar-refractivity contribution in [2.45, 2.75) is 6.92 Å². The van der Waals surface area contributed by atoms with Crippen molar-refractivity contribution in [3.05, 3.63) is 40.2 Å². The molecular formula is C11H11N3O3. The second kappa shape index (κ2) is 4.25. The summed E-state index contributed by atoms with van der Waals surface area (Å²) >= 11 is 0. The lowest BCUT2D eigenvalue weighted by Gasteiger charge is -2.05. The number of H-pyrrole nitrogens is 1. The van der Waals surface area contributed by atoms with Gasteiger partial charge in [-0.3, -0.25) is 10.1 Å². The largest absolute Gasteiger partial charge is 0.496 e. The van der Waals surface area contributed by atoms with Crippen LogP contribution in [0.25, 0.3) is 11.4 Å².